The lowest BCUT2D eigenvalue weighted by Gasteiger charge is -2.34. The van der Waals surface area contributed by atoms with Crippen molar-refractivity contribution in [2.45, 2.75) is 0 Å². The monoisotopic (exact) mass is 497 g/mol. The van der Waals surface area contributed by atoms with Gasteiger partial charge in [0, 0.05) is 54.5 Å². The summed E-state index contributed by atoms with van der Waals surface area (Å²) >= 11 is 0. The van der Waals surface area contributed by atoms with E-state index >= 15 is 0 Å². The Bertz CT molecular complexity index is 1340. The van der Waals surface area contributed by atoms with Gasteiger partial charge in [-0.25, -0.2) is 9.37 Å². The quantitative estimate of drug-likeness (QED) is 0.327. The molecule has 5 rings (SSSR count). The summed E-state index contributed by atoms with van der Waals surface area (Å²) in [4.78, 5) is 25.5. The van der Waals surface area contributed by atoms with E-state index < -0.39 is 5.82 Å². The number of carbonyl (C=O) groups excluding carboxylic acids is 1. The molecule has 0 atom stereocenters. The van der Waals surface area contributed by atoms with E-state index in [0.717, 1.165) is 38.1 Å². The zero-order valence-electron chi connectivity index (χ0n) is 20.5. The summed E-state index contributed by atoms with van der Waals surface area (Å²) in [5, 5.41) is 8.93. The average molecular weight is 498 g/mol. The molecule has 8 nitrogen and oxygen atoms in total. The molecule has 4 aromatic rings. The summed E-state index contributed by atoms with van der Waals surface area (Å²) in [7, 11) is 2.14. The zero-order chi connectivity index (χ0) is 25.6. The summed E-state index contributed by atoms with van der Waals surface area (Å²) in [6.45, 7) is 4.09. The minimum atomic E-state index is -0.582. The van der Waals surface area contributed by atoms with E-state index in [0.29, 0.717) is 16.9 Å². The second-order valence-electron chi connectivity index (χ2n) is 8.87. The van der Waals surface area contributed by atoms with Crippen LogP contribution in [-0.4, -0.2) is 54.0 Å². The number of halogens is 1. The third kappa shape index (κ3) is 6.20. The van der Waals surface area contributed by atoms with Crippen molar-refractivity contribution in [3.63, 3.8) is 0 Å². The van der Waals surface area contributed by atoms with Gasteiger partial charge in [-0.2, -0.15) is 4.98 Å². The second kappa shape index (κ2) is 11.0. The maximum absolute atomic E-state index is 14.4. The Hall–Kier alpha value is -4.50. The Morgan fingerprint density at radius 2 is 1.46 bits per heavy atom. The van der Waals surface area contributed by atoms with Crippen molar-refractivity contribution in [3.8, 4) is 0 Å². The minimum Gasteiger partial charge on any atom is -0.369 e. The van der Waals surface area contributed by atoms with Crippen LogP contribution in [0.5, 0.6) is 0 Å². The number of nitrogens with zero attached hydrogens (tertiary/aromatic N) is 4. The van der Waals surface area contributed by atoms with E-state index in [1.54, 1.807) is 24.3 Å². The van der Waals surface area contributed by atoms with Gasteiger partial charge in [-0.1, -0.05) is 18.2 Å². The van der Waals surface area contributed by atoms with Gasteiger partial charge in [0.25, 0.3) is 5.91 Å². The van der Waals surface area contributed by atoms with E-state index in [-0.39, 0.29) is 17.7 Å². The number of likely N-dealkylation sites (N-methyl/N-ethyl adjacent to an activating group) is 1. The van der Waals surface area contributed by atoms with E-state index in [4.69, 9.17) is 0 Å². The first-order chi connectivity index (χ1) is 18.0. The third-order valence-electron chi connectivity index (χ3n) is 6.18. The number of aromatic nitrogens is 2. The van der Waals surface area contributed by atoms with Crippen LogP contribution in [0.3, 0.4) is 0 Å². The van der Waals surface area contributed by atoms with Gasteiger partial charge >= 0.3 is 0 Å². The molecular formula is C28H28FN7O. The largest absolute Gasteiger partial charge is 0.369 e. The molecule has 0 bridgehead atoms. The molecule has 1 aliphatic heterocycles. The van der Waals surface area contributed by atoms with E-state index in [1.165, 1.54) is 5.69 Å². The average Bonchev–Trinajstić information content (AvgIpc) is 2.92. The highest BCUT2D eigenvalue weighted by molar-refractivity contribution is 6.04. The van der Waals surface area contributed by atoms with Gasteiger partial charge in [-0.3, -0.25) is 4.79 Å². The predicted molar refractivity (Wildman–Crippen MR) is 146 cm³/mol. The predicted octanol–water partition coefficient (Wildman–Crippen LogP) is 5.11. The molecule has 0 radical (unpaired) electrons. The number of carbonyl (C=O) groups is 1. The Morgan fingerprint density at radius 1 is 0.811 bits per heavy atom. The maximum atomic E-state index is 14.4. The number of hydrogen-bond acceptors (Lipinski definition) is 7. The summed E-state index contributed by atoms with van der Waals surface area (Å²) < 4.78 is 14.4. The second-order valence-corrected chi connectivity index (χ2v) is 8.87. The van der Waals surface area contributed by atoms with Crippen molar-refractivity contribution in [1.29, 1.82) is 0 Å². The van der Waals surface area contributed by atoms with Crippen LogP contribution >= 0.6 is 0 Å². The Kier molecular flexibility index (Phi) is 7.23. The van der Waals surface area contributed by atoms with E-state index in [2.05, 4.69) is 54.9 Å². The third-order valence-corrected chi connectivity index (χ3v) is 6.18. The topological polar surface area (TPSA) is 85.4 Å². The number of hydrogen-bond donors (Lipinski definition) is 3. The van der Waals surface area contributed by atoms with Crippen LogP contribution in [-0.2, 0) is 0 Å². The van der Waals surface area contributed by atoms with Crippen LogP contribution in [0.25, 0.3) is 0 Å². The molecule has 1 aromatic heterocycles. The highest BCUT2D eigenvalue weighted by Crippen LogP contribution is 2.23. The van der Waals surface area contributed by atoms with Gasteiger partial charge in [-0.15, -0.1) is 0 Å². The van der Waals surface area contributed by atoms with Gasteiger partial charge < -0.3 is 25.8 Å². The Morgan fingerprint density at radius 3 is 2.16 bits per heavy atom. The van der Waals surface area contributed by atoms with Crippen LogP contribution in [0.4, 0.5) is 38.9 Å². The summed E-state index contributed by atoms with van der Waals surface area (Å²) in [6, 6.07) is 24.0. The number of rotatable bonds is 7. The molecule has 3 aromatic carbocycles. The summed E-state index contributed by atoms with van der Waals surface area (Å²) in [5.74, 6) is -0.499. The van der Waals surface area contributed by atoms with Crippen molar-refractivity contribution in [2.75, 3.05) is 54.1 Å². The van der Waals surface area contributed by atoms with Gasteiger partial charge in [0.15, 0.2) is 11.6 Å². The number of anilines is 6. The van der Waals surface area contributed by atoms with Crippen LogP contribution < -0.4 is 20.9 Å². The number of amides is 1. The van der Waals surface area contributed by atoms with Crippen molar-refractivity contribution in [2.24, 2.45) is 0 Å². The highest BCUT2D eigenvalue weighted by atomic mass is 19.1. The molecule has 0 aliphatic carbocycles. The Labute approximate surface area is 215 Å². The fourth-order valence-corrected chi connectivity index (χ4v) is 4.03. The maximum Gasteiger partial charge on any atom is 0.255 e. The van der Waals surface area contributed by atoms with Crippen molar-refractivity contribution >= 4 is 40.4 Å². The summed E-state index contributed by atoms with van der Waals surface area (Å²) in [6.07, 6.45) is 1.12. The van der Waals surface area contributed by atoms with Crippen LogP contribution in [0.1, 0.15) is 10.4 Å². The lowest BCUT2D eigenvalue weighted by atomic mass is 10.2. The summed E-state index contributed by atoms with van der Waals surface area (Å²) in [5.41, 5.74) is 3.77. The van der Waals surface area contributed by atoms with Crippen LogP contribution in [0, 0.1) is 5.82 Å². The van der Waals surface area contributed by atoms with E-state index in [9.17, 15) is 9.18 Å². The smallest absolute Gasteiger partial charge is 0.255 e. The van der Waals surface area contributed by atoms with Gasteiger partial charge in [0.1, 0.15) is 0 Å². The molecule has 0 spiro atoms. The highest BCUT2D eigenvalue weighted by Gasteiger charge is 2.14. The zero-order valence-corrected chi connectivity index (χ0v) is 20.5. The molecule has 1 saturated heterocycles. The number of nitrogens with one attached hydrogen (secondary N) is 3. The van der Waals surface area contributed by atoms with Crippen molar-refractivity contribution < 1.29 is 9.18 Å². The lowest BCUT2D eigenvalue weighted by Crippen LogP contribution is -2.44. The van der Waals surface area contributed by atoms with Crippen molar-refractivity contribution in [3.05, 3.63) is 96.4 Å². The fraction of sp³-hybridized carbons (Fsp3) is 0.179. The van der Waals surface area contributed by atoms with Gasteiger partial charge in [-0.05, 0) is 67.7 Å². The first-order valence-electron chi connectivity index (χ1n) is 12.1. The molecule has 188 valence electrons. The number of benzene rings is 3. The SMILES string of the molecule is CN1CCN(c2ccc(Nc3ncc(F)c(Nc4ccc(C(=O)Nc5ccccc5)cc4)n3)cc2)CC1. The molecule has 1 aliphatic rings. The van der Waals surface area contributed by atoms with Gasteiger partial charge in [0.2, 0.25) is 5.95 Å². The number of piperazine rings is 1. The molecule has 9 heteroatoms. The normalized spacial score (nSPS) is 13.7. The van der Waals surface area contributed by atoms with Crippen LogP contribution in [0.2, 0.25) is 0 Å². The molecular weight excluding hydrogens is 469 g/mol. The van der Waals surface area contributed by atoms with E-state index in [1.807, 2.05) is 42.5 Å². The first-order valence-corrected chi connectivity index (χ1v) is 12.1. The molecule has 0 saturated carbocycles. The molecule has 0 unspecified atom stereocenters. The standard InChI is InChI=1S/C28H28FN7O/c1-35-15-17-36(18-16-35)24-13-11-23(12-14-24)33-28-30-19-25(29)26(34-28)31-22-9-7-20(8-10-22)27(37)32-21-5-3-2-4-6-21/h2-14,19H,15-18H2,1H3,(H,32,37)(H2,30,31,33,34). The fourth-order valence-electron chi connectivity index (χ4n) is 4.03. The molecule has 3 N–H and O–H groups in total. The lowest BCUT2D eigenvalue weighted by molar-refractivity contribution is 0.102. The van der Waals surface area contributed by atoms with Crippen LogP contribution in [0.15, 0.2) is 85.1 Å². The number of para-hydroxylation sites is 1. The molecule has 1 amide bonds. The molecule has 1 fully saturated rings. The molecule has 37 heavy (non-hydrogen) atoms. The van der Waals surface area contributed by atoms with Crippen molar-refractivity contribution in [1.82, 2.24) is 14.9 Å². The first kappa shape index (κ1) is 24.2. The Balaban J connectivity index is 1.22. The van der Waals surface area contributed by atoms with Gasteiger partial charge in [0.05, 0.1) is 6.20 Å². The molecule has 2 heterocycles. The minimum absolute atomic E-state index is 0.0352.